The topological polar surface area (TPSA) is 65.5 Å². The number of hydrogen-bond acceptors (Lipinski definition) is 7. The number of ether oxygens (including phenoxy) is 3. The summed E-state index contributed by atoms with van der Waals surface area (Å²) in [4.78, 5) is 0. The average Bonchev–Trinajstić information content (AvgIpc) is 3.04. The molecule has 6 nitrogen and oxygen atoms in total. The Hall–Kier alpha value is -1.86. The van der Waals surface area contributed by atoms with Gasteiger partial charge in [-0.05, 0) is 24.7 Å². The standard InChI is InChI=1S/C12H13N3O3S/c1-13-5-11-14-15-12(19-11)16-6-8-2-3-9-10(4-8)18-7-17-9/h2-4,13H,5-7H2,1H3. The molecule has 0 saturated heterocycles. The molecule has 0 bridgehead atoms. The molecule has 0 unspecified atom stereocenters. The second-order valence-electron chi connectivity index (χ2n) is 3.97. The molecule has 0 atom stereocenters. The van der Waals surface area contributed by atoms with Gasteiger partial charge < -0.3 is 19.5 Å². The van der Waals surface area contributed by atoms with Crippen LogP contribution >= 0.6 is 11.3 Å². The molecule has 19 heavy (non-hydrogen) atoms. The molecule has 7 heteroatoms. The van der Waals surface area contributed by atoms with E-state index in [1.165, 1.54) is 11.3 Å². The predicted molar refractivity (Wildman–Crippen MR) is 69.6 cm³/mol. The van der Waals surface area contributed by atoms with Crippen LogP contribution < -0.4 is 19.5 Å². The largest absolute Gasteiger partial charge is 0.464 e. The molecule has 0 spiro atoms. The first kappa shape index (κ1) is 12.2. The summed E-state index contributed by atoms with van der Waals surface area (Å²) in [7, 11) is 1.87. The van der Waals surface area contributed by atoms with Crippen LogP contribution in [0.15, 0.2) is 18.2 Å². The van der Waals surface area contributed by atoms with Crippen molar-refractivity contribution in [3.05, 3.63) is 28.8 Å². The highest BCUT2D eigenvalue weighted by Crippen LogP contribution is 2.32. The number of rotatable bonds is 5. The van der Waals surface area contributed by atoms with Crippen molar-refractivity contribution in [2.24, 2.45) is 0 Å². The highest BCUT2D eigenvalue weighted by Gasteiger charge is 2.13. The predicted octanol–water partition coefficient (Wildman–Crippen LogP) is 1.57. The van der Waals surface area contributed by atoms with Gasteiger partial charge in [0.15, 0.2) is 11.5 Å². The SMILES string of the molecule is CNCc1nnc(OCc2ccc3c(c2)OCO3)s1. The number of fused-ring (bicyclic) bond motifs is 1. The zero-order valence-corrected chi connectivity index (χ0v) is 11.2. The van der Waals surface area contributed by atoms with E-state index in [0.29, 0.717) is 18.3 Å². The Morgan fingerprint density at radius 3 is 3.11 bits per heavy atom. The first-order chi connectivity index (χ1) is 9.35. The maximum Gasteiger partial charge on any atom is 0.294 e. The quantitative estimate of drug-likeness (QED) is 0.896. The monoisotopic (exact) mass is 279 g/mol. The Morgan fingerprint density at radius 2 is 2.21 bits per heavy atom. The summed E-state index contributed by atoms with van der Waals surface area (Å²) in [5.74, 6) is 1.53. The van der Waals surface area contributed by atoms with Crippen molar-refractivity contribution in [3.8, 4) is 16.7 Å². The summed E-state index contributed by atoms with van der Waals surface area (Å²) >= 11 is 1.44. The molecule has 3 rings (SSSR count). The van der Waals surface area contributed by atoms with E-state index in [4.69, 9.17) is 14.2 Å². The number of aromatic nitrogens is 2. The van der Waals surface area contributed by atoms with E-state index in [9.17, 15) is 0 Å². The highest BCUT2D eigenvalue weighted by molar-refractivity contribution is 7.13. The number of hydrogen-bond donors (Lipinski definition) is 1. The van der Waals surface area contributed by atoms with Gasteiger partial charge in [-0.1, -0.05) is 22.5 Å². The van der Waals surface area contributed by atoms with E-state index in [-0.39, 0.29) is 6.79 Å². The van der Waals surface area contributed by atoms with Crippen molar-refractivity contribution in [2.75, 3.05) is 13.8 Å². The number of benzene rings is 1. The molecule has 2 heterocycles. The van der Waals surface area contributed by atoms with Crippen molar-refractivity contribution >= 4 is 11.3 Å². The zero-order valence-electron chi connectivity index (χ0n) is 10.4. The second-order valence-corrected chi connectivity index (χ2v) is 4.99. The normalized spacial score (nSPS) is 12.7. The molecule has 0 fully saturated rings. The van der Waals surface area contributed by atoms with E-state index in [2.05, 4.69) is 15.5 Å². The van der Waals surface area contributed by atoms with Crippen LogP contribution in [0.2, 0.25) is 0 Å². The lowest BCUT2D eigenvalue weighted by Gasteiger charge is -2.03. The molecule has 1 aliphatic rings. The average molecular weight is 279 g/mol. The van der Waals surface area contributed by atoms with Gasteiger partial charge in [0.1, 0.15) is 11.6 Å². The fraction of sp³-hybridized carbons (Fsp3) is 0.333. The van der Waals surface area contributed by atoms with Crippen LogP contribution in [-0.2, 0) is 13.2 Å². The van der Waals surface area contributed by atoms with Crippen LogP contribution in [0, 0.1) is 0 Å². The molecular weight excluding hydrogens is 266 g/mol. The van der Waals surface area contributed by atoms with Crippen molar-refractivity contribution in [1.29, 1.82) is 0 Å². The van der Waals surface area contributed by atoms with Gasteiger partial charge in [0.2, 0.25) is 6.79 Å². The summed E-state index contributed by atoms with van der Waals surface area (Å²) < 4.78 is 16.2. The number of nitrogens with one attached hydrogen (secondary N) is 1. The first-order valence-electron chi connectivity index (χ1n) is 5.83. The Kier molecular flexibility index (Phi) is 3.47. The molecule has 2 aromatic rings. The highest BCUT2D eigenvalue weighted by atomic mass is 32.1. The fourth-order valence-corrected chi connectivity index (χ4v) is 2.39. The van der Waals surface area contributed by atoms with Crippen molar-refractivity contribution in [3.63, 3.8) is 0 Å². The van der Waals surface area contributed by atoms with Crippen LogP contribution in [0.1, 0.15) is 10.6 Å². The first-order valence-corrected chi connectivity index (χ1v) is 6.65. The molecule has 1 N–H and O–H groups in total. The van der Waals surface area contributed by atoms with Crippen molar-refractivity contribution < 1.29 is 14.2 Å². The maximum atomic E-state index is 5.60. The molecule has 0 aliphatic carbocycles. The summed E-state index contributed by atoms with van der Waals surface area (Å²) in [5, 5.41) is 12.5. The lowest BCUT2D eigenvalue weighted by molar-refractivity contribution is 0.174. The van der Waals surface area contributed by atoms with Crippen LogP contribution in [0.4, 0.5) is 0 Å². The van der Waals surface area contributed by atoms with Crippen molar-refractivity contribution in [2.45, 2.75) is 13.2 Å². The van der Waals surface area contributed by atoms with Gasteiger partial charge in [0.25, 0.3) is 5.19 Å². The smallest absolute Gasteiger partial charge is 0.294 e. The minimum atomic E-state index is 0.281. The van der Waals surface area contributed by atoms with Gasteiger partial charge in [-0.3, -0.25) is 0 Å². The summed E-state index contributed by atoms with van der Waals surface area (Å²) in [6.45, 7) is 1.42. The van der Waals surface area contributed by atoms with Crippen molar-refractivity contribution in [1.82, 2.24) is 15.5 Å². The van der Waals surface area contributed by atoms with Gasteiger partial charge in [-0.25, -0.2) is 0 Å². The van der Waals surface area contributed by atoms with E-state index in [1.807, 2.05) is 25.2 Å². The van der Waals surface area contributed by atoms with Crippen LogP contribution in [0.25, 0.3) is 0 Å². The third-order valence-electron chi connectivity index (χ3n) is 2.58. The van der Waals surface area contributed by atoms with E-state index >= 15 is 0 Å². The summed E-state index contributed by atoms with van der Waals surface area (Å²) in [5.41, 5.74) is 1.01. The molecule has 1 aliphatic heterocycles. The lowest BCUT2D eigenvalue weighted by atomic mass is 10.2. The molecule has 1 aromatic carbocycles. The number of nitrogens with zero attached hydrogens (tertiary/aromatic N) is 2. The van der Waals surface area contributed by atoms with Crippen LogP contribution in [0.3, 0.4) is 0 Å². The Labute approximate surface area is 114 Å². The molecule has 0 amide bonds. The molecule has 100 valence electrons. The molecular formula is C12H13N3O3S. The van der Waals surface area contributed by atoms with Crippen LogP contribution in [-0.4, -0.2) is 24.0 Å². The molecule has 0 saturated carbocycles. The van der Waals surface area contributed by atoms with Gasteiger partial charge in [0, 0.05) is 6.54 Å². The van der Waals surface area contributed by atoms with E-state index < -0.39 is 0 Å². The fourth-order valence-electron chi connectivity index (χ4n) is 1.70. The lowest BCUT2D eigenvalue weighted by Crippen LogP contribution is -2.04. The van der Waals surface area contributed by atoms with Gasteiger partial charge in [-0.15, -0.1) is 5.10 Å². The molecule has 1 aromatic heterocycles. The summed E-state index contributed by atoms with van der Waals surface area (Å²) in [6.07, 6.45) is 0. The van der Waals surface area contributed by atoms with Gasteiger partial charge in [0.05, 0.1) is 0 Å². The Morgan fingerprint density at radius 1 is 1.32 bits per heavy atom. The van der Waals surface area contributed by atoms with Gasteiger partial charge in [-0.2, -0.15) is 0 Å². The zero-order chi connectivity index (χ0) is 13.1. The molecule has 0 radical (unpaired) electrons. The minimum Gasteiger partial charge on any atom is -0.464 e. The Bertz CT molecular complexity index is 573. The Balaban J connectivity index is 1.62. The van der Waals surface area contributed by atoms with Crippen LogP contribution in [0.5, 0.6) is 16.7 Å². The summed E-state index contributed by atoms with van der Waals surface area (Å²) in [6, 6.07) is 5.74. The minimum absolute atomic E-state index is 0.281. The van der Waals surface area contributed by atoms with Gasteiger partial charge >= 0.3 is 0 Å². The van der Waals surface area contributed by atoms with E-state index in [1.54, 1.807) is 0 Å². The maximum absolute atomic E-state index is 5.60. The van der Waals surface area contributed by atoms with E-state index in [0.717, 1.165) is 22.1 Å². The third-order valence-corrected chi connectivity index (χ3v) is 3.41. The second kappa shape index (κ2) is 5.41. The third kappa shape index (κ3) is 2.77.